The lowest BCUT2D eigenvalue weighted by Gasteiger charge is -2.32. The SMILES string of the molecule is O=C1CCCN(CC2CCN(P)CC2)c2nn(P)cc21. The van der Waals surface area contributed by atoms with Gasteiger partial charge in [0.2, 0.25) is 0 Å². The average Bonchev–Trinajstić information content (AvgIpc) is 2.76. The quantitative estimate of drug-likeness (QED) is 0.781. The molecule has 110 valence electrons. The molecule has 2 aliphatic heterocycles. The Kier molecular flexibility index (Phi) is 4.40. The van der Waals surface area contributed by atoms with E-state index in [1.54, 1.807) is 4.45 Å². The number of fused-ring (bicyclic) bond motifs is 1. The number of ketones is 1. The molecule has 2 unspecified atom stereocenters. The van der Waals surface area contributed by atoms with Gasteiger partial charge in [-0.15, -0.1) is 0 Å². The van der Waals surface area contributed by atoms with Gasteiger partial charge in [0, 0.05) is 38.8 Å². The van der Waals surface area contributed by atoms with Crippen molar-refractivity contribution in [3.8, 4) is 0 Å². The fourth-order valence-corrected chi connectivity index (χ4v) is 3.66. The van der Waals surface area contributed by atoms with Crippen LogP contribution >= 0.6 is 18.8 Å². The summed E-state index contributed by atoms with van der Waals surface area (Å²) >= 11 is 0. The van der Waals surface area contributed by atoms with Gasteiger partial charge in [0.25, 0.3) is 0 Å². The molecule has 0 amide bonds. The molecule has 2 atom stereocenters. The van der Waals surface area contributed by atoms with E-state index in [4.69, 9.17) is 0 Å². The predicted octanol–water partition coefficient (Wildman–Crippen LogP) is 1.81. The second-order valence-corrected chi connectivity index (χ2v) is 7.06. The van der Waals surface area contributed by atoms with Crippen LogP contribution in [0.1, 0.15) is 36.0 Å². The van der Waals surface area contributed by atoms with Crippen LogP contribution in [0.5, 0.6) is 0 Å². The molecule has 0 aliphatic carbocycles. The molecule has 1 aromatic heterocycles. The van der Waals surface area contributed by atoms with Crippen molar-refractivity contribution in [3.63, 3.8) is 0 Å². The molecule has 0 N–H and O–H groups in total. The van der Waals surface area contributed by atoms with Gasteiger partial charge in [0.15, 0.2) is 11.6 Å². The number of carbonyl (C=O) groups excluding carboxylic acids is 1. The van der Waals surface area contributed by atoms with Gasteiger partial charge < -0.3 is 4.90 Å². The van der Waals surface area contributed by atoms with Gasteiger partial charge in [-0.1, -0.05) is 9.39 Å². The minimum Gasteiger partial charge on any atom is -0.354 e. The Morgan fingerprint density at radius 2 is 2.00 bits per heavy atom. The number of hydrogen-bond acceptors (Lipinski definition) is 4. The summed E-state index contributed by atoms with van der Waals surface area (Å²) in [7, 11) is 5.32. The van der Waals surface area contributed by atoms with E-state index in [2.05, 4.69) is 33.5 Å². The number of aromatic nitrogens is 2. The summed E-state index contributed by atoms with van der Waals surface area (Å²) in [6.45, 7) is 4.27. The highest BCUT2D eigenvalue weighted by atomic mass is 31.0. The first kappa shape index (κ1) is 14.4. The highest BCUT2D eigenvalue weighted by molar-refractivity contribution is 7.14. The minimum absolute atomic E-state index is 0.232. The van der Waals surface area contributed by atoms with E-state index in [1.165, 1.54) is 12.8 Å². The zero-order valence-corrected chi connectivity index (χ0v) is 14.0. The monoisotopic (exact) mass is 312 g/mol. The molecule has 0 aromatic carbocycles. The van der Waals surface area contributed by atoms with E-state index in [0.717, 1.165) is 44.0 Å². The molecule has 20 heavy (non-hydrogen) atoms. The van der Waals surface area contributed by atoms with E-state index < -0.39 is 0 Å². The zero-order valence-electron chi connectivity index (χ0n) is 11.7. The summed E-state index contributed by atoms with van der Waals surface area (Å²) in [5.74, 6) is 1.83. The van der Waals surface area contributed by atoms with Gasteiger partial charge in [-0.3, -0.25) is 13.9 Å². The van der Waals surface area contributed by atoms with Crippen LogP contribution < -0.4 is 4.90 Å². The van der Waals surface area contributed by atoms with Crippen molar-refractivity contribution in [2.24, 2.45) is 5.92 Å². The summed E-state index contributed by atoms with van der Waals surface area (Å²) in [6, 6.07) is 0. The standard InChI is InChI=1S/C13H22N4OP2/c18-12-2-1-5-15(13-11(12)9-17(20)14-13)8-10-3-6-16(19)7-4-10/h9-10H,1-8,19-20H2. The molecule has 0 bridgehead atoms. The molecule has 1 fully saturated rings. The molecule has 2 aliphatic rings. The molecule has 5 nitrogen and oxygen atoms in total. The molecule has 3 heterocycles. The molecule has 0 radical (unpaired) electrons. The van der Waals surface area contributed by atoms with Crippen LogP contribution in [0.2, 0.25) is 0 Å². The first-order valence-corrected chi connectivity index (χ1v) is 8.29. The summed E-state index contributed by atoms with van der Waals surface area (Å²) < 4.78 is 4.00. The normalized spacial score (nSPS) is 21.9. The number of carbonyl (C=O) groups is 1. The van der Waals surface area contributed by atoms with Gasteiger partial charge in [0.05, 0.1) is 5.56 Å². The van der Waals surface area contributed by atoms with E-state index >= 15 is 0 Å². The van der Waals surface area contributed by atoms with Crippen LogP contribution in [0.4, 0.5) is 5.82 Å². The van der Waals surface area contributed by atoms with Crippen LogP contribution in [0.15, 0.2) is 6.20 Å². The number of hydrogen-bond donors (Lipinski definition) is 0. The predicted molar refractivity (Wildman–Crippen MR) is 87.1 cm³/mol. The molecule has 0 spiro atoms. The average molecular weight is 312 g/mol. The third-order valence-corrected chi connectivity index (χ3v) is 5.05. The van der Waals surface area contributed by atoms with Gasteiger partial charge in [-0.2, -0.15) is 5.10 Å². The zero-order chi connectivity index (χ0) is 14.1. The van der Waals surface area contributed by atoms with Crippen molar-refractivity contribution in [1.29, 1.82) is 0 Å². The van der Waals surface area contributed by atoms with Crippen molar-refractivity contribution in [3.05, 3.63) is 11.8 Å². The number of nitrogens with zero attached hydrogens (tertiary/aromatic N) is 4. The molecular weight excluding hydrogens is 290 g/mol. The Balaban J connectivity index is 1.75. The summed E-state index contributed by atoms with van der Waals surface area (Å²) in [5.41, 5.74) is 0.793. The van der Waals surface area contributed by atoms with Crippen molar-refractivity contribution >= 4 is 30.4 Å². The molecule has 7 heteroatoms. The van der Waals surface area contributed by atoms with Gasteiger partial charge in [-0.05, 0) is 34.6 Å². The molecule has 3 rings (SSSR count). The van der Waals surface area contributed by atoms with Crippen LogP contribution in [-0.2, 0) is 0 Å². The van der Waals surface area contributed by atoms with Crippen molar-refractivity contribution in [2.45, 2.75) is 25.7 Å². The van der Waals surface area contributed by atoms with Crippen molar-refractivity contribution < 1.29 is 4.79 Å². The van der Waals surface area contributed by atoms with Crippen LogP contribution in [0, 0.1) is 5.92 Å². The number of Topliss-reactive ketones (excluding diaryl/α,β-unsaturated/α-hetero) is 1. The topological polar surface area (TPSA) is 41.4 Å². The Morgan fingerprint density at radius 3 is 2.75 bits per heavy atom. The third kappa shape index (κ3) is 3.05. The number of piperidine rings is 1. The number of rotatable bonds is 2. The Hall–Kier alpha value is -0.500. The Labute approximate surface area is 124 Å². The van der Waals surface area contributed by atoms with Crippen LogP contribution in [-0.4, -0.2) is 46.2 Å². The Bertz CT molecular complexity index is 497. The smallest absolute Gasteiger partial charge is 0.168 e. The summed E-state index contributed by atoms with van der Waals surface area (Å²) in [6.07, 6.45) is 5.88. The minimum atomic E-state index is 0.232. The van der Waals surface area contributed by atoms with Gasteiger partial charge >= 0.3 is 0 Å². The highest BCUT2D eigenvalue weighted by Gasteiger charge is 2.27. The maximum Gasteiger partial charge on any atom is 0.168 e. The summed E-state index contributed by atoms with van der Waals surface area (Å²) in [5, 5.41) is 4.49. The second kappa shape index (κ2) is 6.09. The van der Waals surface area contributed by atoms with E-state index in [9.17, 15) is 4.79 Å². The van der Waals surface area contributed by atoms with E-state index in [0.29, 0.717) is 12.3 Å². The van der Waals surface area contributed by atoms with Crippen LogP contribution in [0.3, 0.4) is 0 Å². The van der Waals surface area contributed by atoms with Gasteiger partial charge in [-0.25, -0.2) is 0 Å². The first-order chi connectivity index (χ1) is 9.63. The maximum absolute atomic E-state index is 12.1. The highest BCUT2D eigenvalue weighted by Crippen LogP contribution is 2.28. The fraction of sp³-hybridized carbons (Fsp3) is 0.692. The maximum atomic E-state index is 12.1. The second-order valence-electron chi connectivity index (χ2n) is 5.80. The summed E-state index contributed by atoms with van der Waals surface area (Å²) in [4.78, 5) is 14.4. The van der Waals surface area contributed by atoms with E-state index in [1.807, 2.05) is 6.20 Å². The molecule has 0 saturated carbocycles. The number of anilines is 1. The molecule has 1 saturated heterocycles. The van der Waals surface area contributed by atoms with Crippen molar-refractivity contribution in [2.75, 3.05) is 31.1 Å². The lowest BCUT2D eigenvalue weighted by Crippen LogP contribution is -2.36. The lowest BCUT2D eigenvalue weighted by molar-refractivity contribution is 0.0984. The van der Waals surface area contributed by atoms with E-state index in [-0.39, 0.29) is 5.78 Å². The first-order valence-electron chi connectivity index (χ1n) is 7.26. The fourth-order valence-electron chi connectivity index (χ4n) is 3.11. The third-order valence-electron chi connectivity index (χ3n) is 4.27. The lowest BCUT2D eigenvalue weighted by atomic mass is 9.97. The largest absolute Gasteiger partial charge is 0.354 e. The molecular formula is C13H22N4OP2. The van der Waals surface area contributed by atoms with Crippen LogP contribution in [0.25, 0.3) is 0 Å². The van der Waals surface area contributed by atoms with Gasteiger partial charge in [0.1, 0.15) is 0 Å². The Morgan fingerprint density at radius 1 is 1.25 bits per heavy atom. The molecule has 1 aromatic rings. The van der Waals surface area contributed by atoms with Crippen molar-refractivity contribution in [1.82, 2.24) is 14.2 Å².